The molecule has 0 aliphatic carbocycles. The minimum Gasteiger partial charge on any atom is -0.381 e. The summed E-state index contributed by atoms with van der Waals surface area (Å²) in [5.74, 6) is 2.16. The number of rotatable bonds is 7. The van der Waals surface area contributed by atoms with Gasteiger partial charge in [-0.2, -0.15) is 0 Å². The van der Waals surface area contributed by atoms with Gasteiger partial charge in [0.1, 0.15) is 0 Å². The van der Waals surface area contributed by atoms with Crippen LogP contribution in [0.2, 0.25) is 0 Å². The topological polar surface area (TPSA) is 18.5 Å². The molecule has 1 aliphatic heterocycles. The normalized spacial score (nSPS) is 15.7. The van der Waals surface area contributed by atoms with E-state index < -0.39 is 0 Å². The standard InChI is InChI=1S/C10H14.C8H16O.C7H16O.C2H6/c1-9(2)8-10-6-4-3-5-7-10;1-7(2)8-5-3-4-6-9-8;1-4-5-8-6-7(2)3;1-2/h3-7,9H,8H2,1-2H3;7-8H,3-6H2,1-2H3;7H,4-6H2,1-3H3;1-2H3. The van der Waals surface area contributed by atoms with Crippen molar-refractivity contribution in [2.75, 3.05) is 19.8 Å². The molecule has 1 fully saturated rings. The molecule has 0 spiro atoms. The first-order chi connectivity index (χ1) is 13.9. The molecule has 1 saturated heterocycles. The third kappa shape index (κ3) is 21.7. The van der Waals surface area contributed by atoms with Crippen molar-refractivity contribution in [2.24, 2.45) is 17.8 Å². The first-order valence-corrected chi connectivity index (χ1v) is 12.1. The largest absolute Gasteiger partial charge is 0.381 e. The quantitative estimate of drug-likeness (QED) is 0.423. The molecular formula is C27H52O2. The molecule has 172 valence electrons. The van der Waals surface area contributed by atoms with Crippen molar-refractivity contribution >= 4 is 0 Å². The van der Waals surface area contributed by atoms with E-state index >= 15 is 0 Å². The molecular weight excluding hydrogens is 356 g/mol. The maximum absolute atomic E-state index is 5.54. The van der Waals surface area contributed by atoms with Gasteiger partial charge in [-0.05, 0) is 55.4 Å². The van der Waals surface area contributed by atoms with Crippen molar-refractivity contribution in [3.8, 4) is 0 Å². The first kappa shape index (κ1) is 30.3. The van der Waals surface area contributed by atoms with Crippen molar-refractivity contribution in [1.29, 1.82) is 0 Å². The number of hydrogen-bond donors (Lipinski definition) is 0. The van der Waals surface area contributed by atoms with Crippen LogP contribution >= 0.6 is 0 Å². The van der Waals surface area contributed by atoms with Crippen molar-refractivity contribution in [2.45, 2.75) is 101 Å². The third-order valence-corrected chi connectivity index (χ3v) is 4.24. The fourth-order valence-corrected chi connectivity index (χ4v) is 2.84. The molecule has 1 aliphatic rings. The first-order valence-electron chi connectivity index (χ1n) is 12.1. The van der Waals surface area contributed by atoms with Crippen LogP contribution in [0.25, 0.3) is 0 Å². The molecule has 0 N–H and O–H groups in total. The van der Waals surface area contributed by atoms with E-state index in [4.69, 9.17) is 9.47 Å². The van der Waals surface area contributed by atoms with E-state index in [-0.39, 0.29) is 0 Å². The summed E-state index contributed by atoms with van der Waals surface area (Å²) in [7, 11) is 0. The summed E-state index contributed by atoms with van der Waals surface area (Å²) in [4.78, 5) is 0. The van der Waals surface area contributed by atoms with E-state index in [1.807, 2.05) is 13.8 Å². The maximum Gasteiger partial charge on any atom is 0.0598 e. The number of hydrogen-bond acceptors (Lipinski definition) is 2. The zero-order valence-corrected chi connectivity index (χ0v) is 21.2. The highest BCUT2D eigenvalue weighted by Crippen LogP contribution is 2.18. The number of ether oxygens (including phenoxy) is 2. The van der Waals surface area contributed by atoms with E-state index in [0.717, 1.165) is 32.2 Å². The SMILES string of the molecule is CC.CC(C)C1CCCCO1.CC(C)Cc1ccccc1.CCCOCC(C)C. The van der Waals surface area contributed by atoms with Crippen LogP contribution < -0.4 is 0 Å². The van der Waals surface area contributed by atoms with Gasteiger partial charge in [0, 0.05) is 19.8 Å². The van der Waals surface area contributed by atoms with Gasteiger partial charge >= 0.3 is 0 Å². The fourth-order valence-electron chi connectivity index (χ4n) is 2.84. The van der Waals surface area contributed by atoms with Crippen LogP contribution in [0.15, 0.2) is 30.3 Å². The van der Waals surface area contributed by atoms with E-state index in [9.17, 15) is 0 Å². The average molecular weight is 409 g/mol. The van der Waals surface area contributed by atoms with Gasteiger partial charge in [-0.15, -0.1) is 0 Å². The highest BCUT2D eigenvalue weighted by molar-refractivity contribution is 5.14. The molecule has 1 aromatic rings. The summed E-state index contributed by atoms with van der Waals surface area (Å²) >= 11 is 0. The van der Waals surface area contributed by atoms with E-state index in [2.05, 4.69) is 78.8 Å². The zero-order chi connectivity index (χ0) is 22.5. The summed E-state index contributed by atoms with van der Waals surface area (Å²) in [6.45, 7) is 22.2. The van der Waals surface area contributed by atoms with Gasteiger partial charge in [0.15, 0.2) is 0 Å². The molecule has 0 radical (unpaired) electrons. The van der Waals surface area contributed by atoms with Gasteiger partial charge in [-0.25, -0.2) is 0 Å². The van der Waals surface area contributed by atoms with Crippen molar-refractivity contribution < 1.29 is 9.47 Å². The van der Waals surface area contributed by atoms with E-state index in [1.165, 1.54) is 31.2 Å². The van der Waals surface area contributed by atoms with Crippen molar-refractivity contribution in [3.63, 3.8) is 0 Å². The predicted octanol–water partition coefficient (Wildman–Crippen LogP) is 8.19. The average Bonchev–Trinajstić information content (AvgIpc) is 2.71. The third-order valence-electron chi connectivity index (χ3n) is 4.24. The Bertz CT molecular complexity index is 406. The van der Waals surface area contributed by atoms with Gasteiger partial charge < -0.3 is 9.47 Å². The smallest absolute Gasteiger partial charge is 0.0598 e. The molecule has 1 atom stereocenters. The van der Waals surface area contributed by atoms with Crippen molar-refractivity contribution in [1.82, 2.24) is 0 Å². The Hall–Kier alpha value is -0.860. The van der Waals surface area contributed by atoms with E-state index in [1.54, 1.807) is 0 Å². The highest BCUT2D eigenvalue weighted by atomic mass is 16.5. The molecule has 1 heterocycles. The summed E-state index contributed by atoms with van der Waals surface area (Å²) in [6, 6.07) is 10.6. The van der Waals surface area contributed by atoms with Crippen LogP contribution in [0, 0.1) is 17.8 Å². The number of benzene rings is 1. The van der Waals surface area contributed by atoms with Gasteiger partial charge in [0.05, 0.1) is 6.10 Å². The molecule has 1 aromatic carbocycles. The molecule has 0 saturated carbocycles. The second-order valence-corrected chi connectivity index (χ2v) is 8.70. The second-order valence-electron chi connectivity index (χ2n) is 8.70. The lowest BCUT2D eigenvalue weighted by molar-refractivity contribution is -0.0115. The summed E-state index contributed by atoms with van der Waals surface area (Å²) in [6.07, 6.45) is 6.79. The molecule has 0 aromatic heterocycles. The lowest BCUT2D eigenvalue weighted by atomic mass is 9.99. The zero-order valence-electron chi connectivity index (χ0n) is 21.2. The van der Waals surface area contributed by atoms with Gasteiger partial charge in [-0.3, -0.25) is 0 Å². The Kier molecular flexibility index (Phi) is 22.8. The summed E-state index contributed by atoms with van der Waals surface area (Å²) in [5.41, 5.74) is 1.44. The van der Waals surface area contributed by atoms with Crippen LogP contribution in [0.5, 0.6) is 0 Å². The van der Waals surface area contributed by atoms with Gasteiger partial charge in [0.2, 0.25) is 0 Å². The minimum atomic E-state index is 0.554. The Morgan fingerprint density at radius 1 is 0.931 bits per heavy atom. The Morgan fingerprint density at radius 2 is 1.55 bits per heavy atom. The predicted molar refractivity (Wildman–Crippen MR) is 131 cm³/mol. The molecule has 1 unspecified atom stereocenters. The minimum absolute atomic E-state index is 0.554. The molecule has 0 bridgehead atoms. The monoisotopic (exact) mass is 408 g/mol. The second kappa shape index (κ2) is 21.8. The fraction of sp³-hybridized carbons (Fsp3) is 0.778. The van der Waals surface area contributed by atoms with Gasteiger partial charge in [0.25, 0.3) is 0 Å². The van der Waals surface area contributed by atoms with Crippen LogP contribution in [0.3, 0.4) is 0 Å². The Morgan fingerprint density at radius 3 is 1.93 bits per heavy atom. The Balaban J connectivity index is 0. The maximum atomic E-state index is 5.54. The van der Waals surface area contributed by atoms with Gasteiger partial charge in [-0.1, -0.05) is 92.6 Å². The molecule has 0 amide bonds. The Labute approximate surface area is 183 Å². The van der Waals surface area contributed by atoms with E-state index in [0.29, 0.717) is 17.9 Å². The molecule has 2 nitrogen and oxygen atoms in total. The van der Waals surface area contributed by atoms with Crippen molar-refractivity contribution in [3.05, 3.63) is 35.9 Å². The van der Waals surface area contributed by atoms with Crippen LogP contribution in [-0.4, -0.2) is 25.9 Å². The highest BCUT2D eigenvalue weighted by Gasteiger charge is 2.16. The summed E-state index contributed by atoms with van der Waals surface area (Å²) < 4.78 is 10.8. The molecule has 29 heavy (non-hydrogen) atoms. The van der Waals surface area contributed by atoms with Crippen LogP contribution in [-0.2, 0) is 15.9 Å². The lowest BCUT2D eigenvalue weighted by Crippen LogP contribution is -2.24. The van der Waals surface area contributed by atoms with Crippen LogP contribution in [0.1, 0.15) is 93.6 Å². The van der Waals surface area contributed by atoms with Crippen LogP contribution in [0.4, 0.5) is 0 Å². The molecule has 2 rings (SSSR count). The molecule has 2 heteroatoms. The lowest BCUT2D eigenvalue weighted by Gasteiger charge is -2.25. The summed E-state index contributed by atoms with van der Waals surface area (Å²) in [5, 5.41) is 0.